The molecule has 1 aromatic rings. The third-order valence-corrected chi connectivity index (χ3v) is 8.35. The molecule has 0 spiro atoms. The van der Waals surface area contributed by atoms with Crippen molar-refractivity contribution in [2.45, 2.75) is 32.4 Å². The number of carboxylic acid groups (broad SMARTS) is 4. The molecule has 1 aliphatic heterocycles. The summed E-state index contributed by atoms with van der Waals surface area (Å²) in [5, 5.41) is 38.1. The molecule has 224 valence electrons. The van der Waals surface area contributed by atoms with Crippen LogP contribution in [-0.2, 0) is 25.6 Å². The number of aliphatic carboxylic acids is 4. The SMILES string of the molecule is CC(C)N(I)c1ccc(CC2CN(CC(=O)O)CCN(CC(=O)O)CCN(CC(=O)O)CCN2CC(=O)O)cc1. The predicted molar refractivity (Wildman–Crippen MR) is 157 cm³/mol. The maximum Gasteiger partial charge on any atom is 0.317 e. The van der Waals surface area contributed by atoms with Gasteiger partial charge in [-0.05, 0) is 38.0 Å². The van der Waals surface area contributed by atoms with E-state index in [4.69, 9.17) is 0 Å². The first-order chi connectivity index (χ1) is 18.8. The van der Waals surface area contributed by atoms with Gasteiger partial charge in [-0.15, -0.1) is 0 Å². The molecule has 14 heteroatoms. The molecule has 13 nitrogen and oxygen atoms in total. The highest BCUT2D eigenvalue weighted by Crippen LogP contribution is 2.23. The second kappa shape index (κ2) is 16.7. The molecule has 1 heterocycles. The van der Waals surface area contributed by atoms with Crippen molar-refractivity contribution >= 4 is 52.4 Å². The van der Waals surface area contributed by atoms with Gasteiger partial charge in [-0.25, -0.2) is 0 Å². The van der Waals surface area contributed by atoms with Crippen LogP contribution in [0.25, 0.3) is 0 Å². The largest absolute Gasteiger partial charge is 0.480 e. The van der Waals surface area contributed by atoms with E-state index in [0.717, 1.165) is 11.3 Å². The molecule has 0 aliphatic carbocycles. The molecule has 1 atom stereocenters. The molecule has 0 aromatic heterocycles. The molecule has 0 bridgehead atoms. The fourth-order valence-corrected chi connectivity index (χ4v) is 5.02. The highest BCUT2D eigenvalue weighted by Gasteiger charge is 2.27. The summed E-state index contributed by atoms with van der Waals surface area (Å²) in [5.74, 6) is -4.13. The van der Waals surface area contributed by atoms with Crippen molar-refractivity contribution in [3.8, 4) is 0 Å². The first-order valence-corrected chi connectivity index (χ1v) is 14.1. The van der Waals surface area contributed by atoms with E-state index in [2.05, 4.69) is 39.8 Å². The highest BCUT2D eigenvalue weighted by atomic mass is 127. The lowest BCUT2D eigenvalue weighted by atomic mass is 10.0. The van der Waals surface area contributed by atoms with E-state index in [0.29, 0.717) is 12.5 Å². The molecule has 1 fully saturated rings. The number of rotatable bonds is 12. The Bertz CT molecular complexity index is 996. The topological polar surface area (TPSA) is 165 Å². The minimum absolute atomic E-state index is 0.242. The van der Waals surface area contributed by atoms with Gasteiger partial charge in [0.15, 0.2) is 0 Å². The van der Waals surface area contributed by atoms with Gasteiger partial charge in [0.25, 0.3) is 0 Å². The molecule has 0 radical (unpaired) electrons. The summed E-state index contributed by atoms with van der Waals surface area (Å²) < 4.78 is 2.10. The molecular formula is C26H40IN5O8. The molecule has 40 heavy (non-hydrogen) atoms. The van der Waals surface area contributed by atoms with Gasteiger partial charge >= 0.3 is 23.9 Å². The van der Waals surface area contributed by atoms with Gasteiger partial charge in [0.1, 0.15) is 0 Å². The van der Waals surface area contributed by atoms with E-state index in [1.165, 1.54) is 0 Å². The number of halogens is 1. The molecule has 1 aromatic carbocycles. The Balaban J connectivity index is 2.41. The fourth-order valence-electron chi connectivity index (χ4n) is 4.70. The highest BCUT2D eigenvalue weighted by molar-refractivity contribution is 14.1. The molecule has 0 saturated carbocycles. The van der Waals surface area contributed by atoms with Crippen LogP contribution in [0.2, 0.25) is 0 Å². The summed E-state index contributed by atoms with van der Waals surface area (Å²) in [6, 6.07) is 7.85. The molecule has 1 unspecified atom stereocenters. The summed E-state index contributed by atoms with van der Waals surface area (Å²) in [4.78, 5) is 53.3. The number of benzene rings is 1. The summed E-state index contributed by atoms with van der Waals surface area (Å²) in [5.41, 5.74) is 1.98. The van der Waals surface area contributed by atoms with Crippen molar-refractivity contribution < 1.29 is 39.6 Å². The zero-order valence-corrected chi connectivity index (χ0v) is 25.1. The summed E-state index contributed by atoms with van der Waals surface area (Å²) in [7, 11) is 0. The van der Waals surface area contributed by atoms with Gasteiger partial charge in [-0.1, -0.05) is 12.1 Å². The number of carboxylic acids is 4. The lowest BCUT2D eigenvalue weighted by Crippen LogP contribution is -2.53. The quantitative estimate of drug-likeness (QED) is 0.181. The maximum atomic E-state index is 11.9. The number of anilines is 1. The zero-order valence-electron chi connectivity index (χ0n) is 23.0. The Morgan fingerprint density at radius 1 is 0.750 bits per heavy atom. The van der Waals surface area contributed by atoms with Crippen molar-refractivity contribution in [3.05, 3.63) is 29.8 Å². The smallest absolute Gasteiger partial charge is 0.317 e. The van der Waals surface area contributed by atoms with Gasteiger partial charge in [-0.3, -0.25) is 38.8 Å². The normalized spacial score (nSPS) is 19.1. The minimum atomic E-state index is -1.04. The third kappa shape index (κ3) is 12.3. The van der Waals surface area contributed by atoms with Crippen LogP contribution >= 0.6 is 22.9 Å². The van der Waals surface area contributed by atoms with E-state index >= 15 is 0 Å². The van der Waals surface area contributed by atoms with Crippen molar-refractivity contribution in [1.82, 2.24) is 19.6 Å². The van der Waals surface area contributed by atoms with E-state index < -0.39 is 23.9 Å². The summed E-state index contributed by atoms with van der Waals surface area (Å²) in [6.45, 7) is 4.90. The van der Waals surface area contributed by atoms with E-state index in [-0.39, 0.29) is 78.0 Å². The molecule has 2 rings (SSSR count). The number of hydrogen-bond acceptors (Lipinski definition) is 9. The fraction of sp³-hybridized carbons (Fsp3) is 0.615. The van der Waals surface area contributed by atoms with Crippen LogP contribution in [0.15, 0.2) is 24.3 Å². The van der Waals surface area contributed by atoms with Crippen LogP contribution in [0, 0.1) is 0 Å². The lowest BCUT2D eigenvalue weighted by molar-refractivity contribution is -0.142. The van der Waals surface area contributed by atoms with Crippen molar-refractivity contribution in [2.24, 2.45) is 0 Å². The van der Waals surface area contributed by atoms with Crippen LogP contribution in [0.1, 0.15) is 19.4 Å². The van der Waals surface area contributed by atoms with Gasteiger partial charge in [0, 0.05) is 63.6 Å². The molecule has 1 saturated heterocycles. The number of nitrogens with zero attached hydrogens (tertiary/aromatic N) is 5. The second-order valence-electron chi connectivity index (χ2n) is 10.3. The predicted octanol–water partition coefficient (Wildman–Crippen LogP) is 0.723. The van der Waals surface area contributed by atoms with Gasteiger partial charge in [0.05, 0.1) is 49.0 Å². The lowest BCUT2D eigenvalue weighted by Gasteiger charge is -2.37. The van der Waals surface area contributed by atoms with Crippen LogP contribution in [0.5, 0.6) is 0 Å². The third-order valence-electron chi connectivity index (χ3n) is 6.68. The monoisotopic (exact) mass is 677 g/mol. The summed E-state index contributed by atoms with van der Waals surface area (Å²) >= 11 is 2.25. The van der Waals surface area contributed by atoms with E-state index in [1.54, 1.807) is 19.6 Å². The molecule has 4 N–H and O–H groups in total. The number of hydrogen-bond donors (Lipinski definition) is 4. The van der Waals surface area contributed by atoms with Gasteiger partial charge < -0.3 is 23.5 Å². The van der Waals surface area contributed by atoms with Gasteiger partial charge in [-0.2, -0.15) is 0 Å². The van der Waals surface area contributed by atoms with E-state index in [1.807, 2.05) is 24.3 Å². The maximum absolute atomic E-state index is 11.9. The zero-order chi connectivity index (χ0) is 29.8. The molecule has 0 amide bonds. The van der Waals surface area contributed by atoms with Gasteiger partial charge in [0.2, 0.25) is 0 Å². The van der Waals surface area contributed by atoms with Crippen molar-refractivity contribution in [3.63, 3.8) is 0 Å². The van der Waals surface area contributed by atoms with Crippen LogP contribution in [-0.4, -0.2) is 148 Å². The molecular weight excluding hydrogens is 637 g/mol. The van der Waals surface area contributed by atoms with Crippen LogP contribution in [0.3, 0.4) is 0 Å². The Morgan fingerprint density at radius 2 is 1.18 bits per heavy atom. The van der Waals surface area contributed by atoms with Crippen LogP contribution in [0.4, 0.5) is 5.69 Å². The van der Waals surface area contributed by atoms with E-state index in [9.17, 15) is 39.6 Å². The first-order valence-electron chi connectivity index (χ1n) is 13.2. The Kier molecular flexibility index (Phi) is 14.0. The van der Waals surface area contributed by atoms with Crippen molar-refractivity contribution in [1.29, 1.82) is 0 Å². The Labute approximate surface area is 248 Å². The first kappa shape index (κ1) is 33.7. The Hall–Kier alpha value is -2.53. The Morgan fingerprint density at radius 3 is 1.62 bits per heavy atom. The average molecular weight is 678 g/mol. The van der Waals surface area contributed by atoms with Crippen LogP contribution < -0.4 is 3.11 Å². The second-order valence-corrected chi connectivity index (χ2v) is 11.3. The van der Waals surface area contributed by atoms with Crippen molar-refractivity contribution in [2.75, 3.05) is 75.1 Å². The summed E-state index contributed by atoms with van der Waals surface area (Å²) in [6.07, 6.45) is 0.449. The average Bonchev–Trinajstić information content (AvgIpc) is 2.85. The molecule has 1 aliphatic rings. The minimum Gasteiger partial charge on any atom is -0.480 e. The standard InChI is InChI=1S/C26H40IN5O8/c1-19(2)32(27)21-5-3-20(4-6-21)13-22-14-30(17-25(37)38)10-9-28(15-23(33)34)7-8-29(16-24(35)36)11-12-31(22)18-26(39)40/h3-6,19,22H,7-18H2,1-2H3,(H,33,34)(H,35,36)(H,37,38)(H,39,40). The number of carbonyl (C=O) groups is 4.